The van der Waals surface area contributed by atoms with E-state index in [2.05, 4.69) is 15.8 Å². The van der Waals surface area contributed by atoms with E-state index in [1.165, 1.54) is 5.41 Å². The van der Waals surface area contributed by atoms with Crippen LogP contribution in [0.15, 0.2) is 57.7 Å². The second-order valence-electron chi connectivity index (χ2n) is 2.23. The third-order valence-corrected chi connectivity index (χ3v) is 2.42. The molecular weight excluding hydrogens is 198 g/mol. The third kappa shape index (κ3) is 3.29. The molecule has 0 heterocycles. The predicted octanol–water partition coefficient (Wildman–Crippen LogP) is 2.73. The van der Waals surface area contributed by atoms with Gasteiger partial charge in [0.1, 0.15) is 0 Å². The summed E-state index contributed by atoms with van der Waals surface area (Å²) in [5.74, 6) is 0. The maximum atomic E-state index is 11.4. The Labute approximate surface area is 83.7 Å². The molecule has 0 bridgehead atoms. The van der Waals surface area contributed by atoms with Gasteiger partial charge in [0.05, 0.1) is 10.8 Å². The normalized spacial score (nSPS) is 10.6. The Morgan fingerprint density at radius 1 is 1.43 bits per heavy atom. The Bertz CT molecular complexity index is 429. The lowest BCUT2D eigenvalue weighted by Crippen LogP contribution is -1.83. The topological polar surface area (TPSA) is 65.8 Å². The summed E-state index contributed by atoms with van der Waals surface area (Å²) in [6.07, 6.45) is 1.13. The Hall–Kier alpha value is -1.80. The van der Waals surface area contributed by atoms with E-state index >= 15 is 0 Å². The zero-order valence-electron chi connectivity index (χ0n) is 7.20. The minimum atomic E-state index is -1.24. The van der Waals surface area contributed by atoms with Gasteiger partial charge in [0, 0.05) is 21.4 Å². The van der Waals surface area contributed by atoms with Gasteiger partial charge in [0.2, 0.25) is 0 Å². The summed E-state index contributed by atoms with van der Waals surface area (Å²) in [5.41, 5.74) is 10.5. The van der Waals surface area contributed by atoms with Crippen LogP contribution in [0.1, 0.15) is 0 Å². The van der Waals surface area contributed by atoms with Crippen LogP contribution in [0.3, 0.4) is 0 Å². The zero-order valence-corrected chi connectivity index (χ0v) is 8.02. The van der Waals surface area contributed by atoms with Crippen molar-refractivity contribution in [3.63, 3.8) is 0 Å². The molecule has 0 saturated carbocycles. The van der Waals surface area contributed by atoms with Crippen molar-refractivity contribution in [1.82, 2.24) is 0 Å². The van der Waals surface area contributed by atoms with Crippen molar-refractivity contribution in [2.45, 2.75) is 4.90 Å². The number of hydrogen-bond donors (Lipinski definition) is 0. The minimum Gasteiger partial charge on any atom is -0.249 e. The molecule has 0 radical (unpaired) electrons. The molecule has 0 N–H and O–H groups in total. The number of benzene rings is 1. The summed E-state index contributed by atoms with van der Waals surface area (Å²) in [7, 11) is -1.24. The number of nitrogens with zero attached hydrogens (tertiary/aromatic N) is 3. The average molecular weight is 205 g/mol. The van der Waals surface area contributed by atoms with E-state index < -0.39 is 10.8 Å². The van der Waals surface area contributed by atoms with Crippen LogP contribution in [-0.4, -0.2) is 4.21 Å². The first-order valence-electron chi connectivity index (χ1n) is 3.75. The number of hydrogen-bond acceptors (Lipinski definition) is 2. The summed E-state index contributed by atoms with van der Waals surface area (Å²) in [6.45, 7) is 0. The van der Waals surface area contributed by atoms with Gasteiger partial charge in [-0.25, -0.2) is 4.21 Å². The first-order valence-corrected chi connectivity index (χ1v) is 4.97. The predicted molar refractivity (Wildman–Crippen MR) is 54.6 cm³/mol. The molecule has 4 nitrogen and oxygen atoms in total. The molecule has 1 aromatic rings. The highest BCUT2D eigenvalue weighted by molar-refractivity contribution is 7.88. The summed E-state index contributed by atoms with van der Waals surface area (Å²) < 4.78 is 11.4. The van der Waals surface area contributed by atoms with E-state index in [9.17, 15) is 4.21 Å². The lowest BCUT2D eigenvalue weighted by molar-refractivity contribution is 0.688. The lowest BCUT2D eigenvalue weighted by Gasteiger charge is -1.92. The Kier molecular flexibility index (Phi) is 4.24. The van der Waals surface area contributed by atoms with Crippen LogP contribution in [0.2, 0.25) is 0 Å². The van der Waals surface area contributed by atoms with Gasteiger partial charge < -0.3 is 0 Å². The fourth-order valence-corrected chi connectivity index (χ4v) is 1.52. The van der Waals surface area contributed by atoms with Crippen molar-refractivity contribution in [2.75, 3.05) is 0 Å². The van der Waals surface area contributed by atoms with Crippen LogP contribution < -0.4 is 0 Å². The summed E-state index contributed by atoms with van der Waals surface area (Å²) in [5, 5.41) is 4.45. The van der Waals surface area contributed by atoms with Gasteiger partial charge in [-0.15, -0.1) is 5.73 Å². The van der Waals surface area contributed by atoms with E-state index in [0.29, 0.717) is 4.90 Å². The molecule has 0 fully saturated rings. The quantitative estimate of drug-likeness (QED) is 0.324. The molecule has 70 valence electrons. The van der Waals surface area contributed by atoms with Gasteiger partial charge >= 0.3 is 0 Å². The van der Waals surface area contributed by atoms with Crippen LogP contribution in [0, 0.1) is 0 Å². The van der Waals surface area contributed by atoms with Crippen molar-refractivity contribution in [2.24, 2.45) is 5.11 Å². The van der Waals surface area contributed by atoms with Crippen molar-refractivity contribution < 1.29 is 4.21 Å². The highest BCUT2D eigenvalue weighted by atomic mass is 32.2. The Morgan fingerprint density at radius 3 is 2.79 bits per heavy atom. The first-order chi connectivity index (χ1) is 6.84. The van der Waals surface area contributed by atoms with Crippen molar-refractivity contribution >= 4 is 10.8 Å². The molecule has 0 aliphatic carbocycles. The molecule has 1 rings (SSSR count). The van der Waals surface area contributed by atoms with Crippen molar-refractivity contribution in [1.29, 1.82) is 0 Å². The van der Waals surface area contributed by atoms with Crippen LogP contribution in [-0.2, 0) is 10.8 Å². The van der Waals surface area contributed by atoms with Gasteiger partial charge in [0.15, 0.2) is 0 Å². The van der Waals surface area contributed by atoms with Crippen LogP contribution in [0.5, 0.6) is 0 Å². The molecule has 1 atom stereocenters. The largest absolute Gasteiger partial charge is 0.249 e. The molecule has 0 aliphatic rings. The molecule has 0 saturated heterocycles. The van der Waals surface area contributed by atoms with Gasteiger partial charge in [-0.3, -0.25) is 0 Å². The number of rotatable bonds is 3. The first kappa shape index (κ1) is 10.3. The fourth-order valence-electron chi connectivity index (χ4n) is 0.774. The van der Waals surface area contributed by atoms with Crippen molar-refractivity contribution in [3.05, 3.63) is 58.1 Å². The molecule has 14 heavy (non-hydrogen) atoms. The van der Waals surface area contributed by atoms with Gasteiger partial charge in [-0.2, -0.15) is 0 Å². The number of azide groups is 1. The molecule has 0 spiro atoms. The highest BCUT2D eigenvalue weighted by Crippen LogP contribution is 2.05. The minimum absolute atomic E-state index is 0.689. The molecule has 0 amide bonds. The van der Waals surface area contributed by atoms with Gasteiger partial charge in [0.25, 0.3) is 0 Å². The van der Waals surface area contributed by atoms with Gasteiger partial charge in [-0.05, 0) is 17.7 Å². The summed E-state index contributed by atoms with van der Waals surface area (Å²) in [6, 6.07) is 8.96. The third-order valence-electron chi connectivity index (χ3n) is 1.33. The lowest BCUT2D eigenvalue weighted by atomic mass is 10.4. The molecular formula is C9H7N3OS. The van der Waals surface area contributed by atoms with Gasteiger partial charge in [-0.1, -0.05) is 23.3 Å². The molecule has 0 aromatic heterocycles. The van der Waals surface area contributed by atoms with Crippen molar-refractivity contribution in [3.8, 4) is 0 Å². The summed E-state index contributed by atoms with van der Waals surface area (Å²) in [4.78, 5) is 3.18. The second-order valence-corrected chi connectivity index (χ2v) is 3.53. The van der Waals surface area contributed by atoms with Crippen LogP contribution in [0.25, 0.3) is 10.4 Å². The zero-order chi connectivity index (χ0) is 10.2. The van der Waals surface area contributed by atoms with E-state index in [1.807, 2.05) is 6.07 Å². The van der Waals surface area contributed by atoms with Crippen LogP contribution >= 0.6 is 0 Å². The highest BCUT2D eigenvalue weighted by Gasteiger charge is 1.95. The average Bonchev–Trinajstić information content (AvgIpc) is 2.25. The van der Waals surface area contributed by atoms with Crippen LogP contribution in [0.4, 0.5) is 0 Å². The fraction of sp³-hybridized carbons (Fsp3) is 0. The van der Waals surface area contributed by atoms with E-state index in [0.717, 1.165) is 6.20 Å². The molecule has 1 aromatic carbocycles. The Balaban J connectivity index is 2.78. The standard InChI is InChI=1S/C9H7N3OS/c10-12-11-7-4-8-14(13)9-5-2-1-3-6-9/h1-3,5-8H. The van der Waals surface area contributed by atoms with E-state index in [4.69, 9.17) is 5.53 Å². The summed E-state index contributed by atoms with van der Waals surface area (Å²) >= 11 is 0. The maximum Gasteiger partial charge on any atom is 0.0854 e. The Morgan fingerprint density at radius 2 is 2.14 bits per heavy atom. The molecule has 0 aliphatic heterocycles. The maximum absolute atomic E-state index is 11.4. The molecule has 5 heteroatoms. The second kappa shape index (κ2) is 5.78. The monoisotopic (exact) mass is 205 g/mol. The molecule has 1 unspecified atom stereocenters. The smallest absolute Gasteiger partial charge is 0.0854 e. The van der Waals surface area contributed by atoms with E-state index in [-0.39, 0.29) is 0 Å². The SMILES string of the molecule is [N-]=[N+]=NC=C=CS(=O)c1ccccc1. The van der Waals surface area contributed by atoms with E-state index in [1.54, 1.807) is 24.3 Å².